The van der Waals surface area contributed by atoms with E-state index in [1.54, 1.807) is 77.7 Å². The van der Waals surface area contributed by atoms with Gasteiger partial charge in [0.05, 0.1) is 56.1 Å². The Labute approximate surface area is 512 Å². The van der Waals surface area contributed by atoms with E-state index in [1.165, 1.54) is 12.4 Å². The van der Waals surface area contributed by atoms with Crippen LogP contribution in [0.5, 0.6) is 11.5 Å². The van der Waals surface area contributed by atoms with Crippen LogP contribution >= 0.6 is 0 Å². The van der Waals surface area contributed by atoms with E-state index in [2.05, 4.69) is 57.0 Å². The van der Waals surface area contributed by atoms with E-state index in [-0.39, 0.29) is 75.6 Å². The van der Waals surface area contributed by atoms with E-state index in [9.17, 15) is 57.7 Å². The number of hydrazone groups is 3. The van der Waals surface area contributed by atoms with Crippen molar-refractivity contribution in [2.24, 2.45) is 27.1 Å². The van der Waals surface area contributed by atoms with E-state index < -0.39 is 53.9 Å². The molecule has 2 saturated heterocycles. The minimum absolute atomic E-state index is 0.0128. The lowest BCUT2D eigenvalue weighted by molar-refractivity contribution is -0.140. The number of nitrogens with zero attached hydrogens (tertiary/aromatic N) is 10. The average Bonchev–Trinajstić information content (AvgIpc) is 2.35. The van der Waals surface area contributed by atoms with Gasteiger partial charge in [-0.25, -0.2) is 14.2 Å². The van der Waals surface area contributed by atoms with Gasteiger partial charge < -0.3 is 40.5 Å². The first-order valence-corrected chi connectivity index (χ1v) is 30.2. The second-order valence-corrected chi connectivity index (χ2v) is 22.7. The fraction of sp³-hybridized carbons (Fsp3) is 0.583. The highest BCUT2D eigenvalue weighted by Gasteiger charge is 2.47. The van der Waals surface area contributed by atoms with Crippen molar-refractivity contribution in [3.05, 3.63) is 65.9 Å². The molecule has 3 heterocycles. The first-order valence-electron chi connectivity index (χ1n) is 30.2. The van der Waals surface area contributed by atoms with Crippen LogP contribution in [0.1, 0.15) is 87.1 Å². The lowest BCUT2D eigenvalue weighted by Crippen LogP contribution is -2.49. The summed E-state index contributed by atoms with van der Waals surface area (Å²) < 4.78 is 33.8. The largest absolute Gasteiger partial charge is 0.508 e. The molecule has 0 bridgehead atoms. The van der Waals surface area contributed by atoms with E-state index >= 15 is 0 Å². The predicted octanol–water partition coefficient (Wildman–Crippen LogP) is 2.33. The number of benzene rings is 2. The molecule has 2 aliphatic heterocycles. The number of halogens is 2. The molecule has 1 saturated carbocycles. The Morgan fingerprint density at radius 2 is 1.39 bits per heavy atom. The Morgan fingerprint density at radius 1 is 0.739 bits per heavy atom. The molecular weight excluding hydrogens is 1140 g/mol. The van der Waals surface area contributed by atoms with Crippen LogP contribution in [0.15, 0.2) is 70.0 Å². The summed E-state index contributed by atoms with van der Waals surface area (Å²) in [5.74, 6) is -6.87. The van der Waals surface area contributed by atoms with Gasteiger partial charge in [-0.3, -0.25) is 69.0 Å². The fourth-order valence-corrected chi connectivity index (χ4v) is 10.6. The summed E-state index contributed by atoms with van der Waals surface area (Å²) in [5, 5.41) is 47.1. The quantitative estimate of drug-likeness (QED) is 0.0192. The number of carbonyl (C=O) groups excluding carboxylic acids is 5. The summed E-state index contributed by atoms with van der Waals surface area (Å²) in [7, 11) is 1.92. The van der Waals surface area contributed by atoms with Crippen LogP contribution in [0.3, 0.4) is 0 Å². The SMILES string of the molecule is C[C@H]1CC(F)(F)CC1C(=O)CNC(=O)c1ccnc2ccc(OCCCCN3CCN(C(=O)CCCCCC(=O)N/N=C\C(C/C=N/NCN/N=C/c4ccc(O)cc4)NC(=O)CN4CCN(C)CCN(CC(=O)O)CCN(CC(=O)O)CC4)CC3)cc12. The smallest absolute Gasteiger partial charge is 0.317 e. The number of aromatic nitrogens is 1. The molecule has 482 valence electrons. The Kier molecular flexibility index (Phi) is 28.8. The zero-order chi connectivity index (χ0) is 63.3. The van der Waals surface area contributed by atoms with Crippen LogP contribution in [-0.2, 0) is 28.8 Å². The van der Waals surface area contributed by atoms with Crippen molar-refractivity contribution in [1.29, 1.82) is 0 Å². The van der Waals surface area contributed by atoms with Crippen LogP contribution in [0.25, 0.3) is 10.9 Å². The van der Waals surface area contributed by atoms with E-state index in [1.807, 2.05) is 16.8 Å². The number of unbranched alkanes of at least 4 members (excludes halogenated alkanes) is 3. The molecule has 6 rings (SSSR count). The number of phenols is 1. The standard InChI is InChI=1S/C60H87F2N15O11/c1-44-35-60(61,62)36-51(44)53(79)39-64-59(87)49-17-18-63-52-15-14-48(34-50(49)52)88-33-7-6-20-73-29-31-77(32-30-73)56(82)9-5-3-4-8-54(80)71-67-38-46(16-19-65-68-43-69-66-37-45-10-12-47(78)13-11-45)70-55(81)40-74-23-21-72(2)22-24-75(41-57(83)84)27-28-76(26-25-74)42-58(85)86/h10-15,17-19,34,37-38,44,46,51,68-69,78H,3-9,16,20-33,35-36,39-43H2,1-2H3,(H,64,87)(H,70,81)(H,71,80)(H,83,84)(H,85,86)/b65-19+,66-37+,67-38-/t44-,46?,51?/m0/s1. The van der Waals surface area contributed by atoms with Gasteiger partial charge in [-0.15, -0.1) is 0 Å². The van der Waals surface area contributed by atoms with Crippen LogP contribution < -0.4 is 31.6 Å². The lowest BCUT2D eigenvalue weighted by atomic mass is 9.93. The number of aliphatic carboxylic acids is 2. The van der Waals surface area contributed by atoms with Crippen molar-refractivity contribution in [1.82, 2.24) is 61.3 Å². The van der Waals surface area contributed by atoms with Crippen molar-refractivity contribution in [3.8, 4) is 11.5 Å². The summed E-state index contributed by atoms with van der Waals surface area (Å²) in [6.07, 6.45) is 9.45. The van der Waals surface area contributed by atoms with E-state index in [0.29, 0.717) is 120 Å². The molecule has 2 aromatic carbocycles. The molecule has 0 spiro atoms. The minimum atomic E-state index is -2.87. The number of likely N-dealkylation sites (N-methyl/N-ethyl adjacent to an activating group) is 1. The normalized spacial score (nSPS) is 19.1. The van der Waals surface area contributed by atoms with Gasteiger partial charge in [0.2, 0.25) is 23.6 Å². The number of aromatic hydroxyl groups is 1. The van der Waals surface area contributed by atoms with Crippen molar-refractivity contribution in [3.63, 3.8) is 0 Å². The van der Waals surface area contributed by atoms with Gasteiger partial charge in [0.25, 0.3) is 5.91 Å². The number of carbonyl (C=O) groups is 7. The van der Waals surface area contributed by atoms with Crippen molar-refractivity contribution >= 4 is 70.9 Å². The number of ether oxygens (including phenoxy) is 1. The average molecular weight is 1230 g/mol. The molecule has 28 heteroatoms. The highest BCUT2D eigenvalue weighted by Crippen LogP contribution is 2.43. The number of alkyl halides is 2. The molecule has 0 radical (unpaired) electrons. The summed E-state index contributed by atoms with van der Waals surface area (Å²) in [6, 6.07) is 12.7. The third-order valence-electron chi connectivity index (χ3n) is 15.6. The van der Waals surface area contributed by atoms with Gasteiger partial charge in [-0.1, -0.05) is 13.3 Å². The van der Waals surface area contributed by atoms with Gasteiger partial charge in [0.1, 0.15) is 18.2 Å². The number of carboxylic acids is 2. The second-order valence-electron chi connectivity index (χ2n) is 22.7. The number of Topliss-reactive ketones (excluding diaryl/α,β-unsaturated/α-hetero) is 1. The molecule has 3 atom stereocenters. The number of nitrogens with one attached hydrogen (secondary N) is 5. The number of piperazine rings is 1. The summed E-state index contributed by atoms with van der Waals surface area (Å²) in [5.41, 5.74) is 9.83. The van der Waals surface area contributed by atoms with Crippen LogP contribution in [0.2, 0.25) is 0 Å². The Morgan fingerprint density at radius 3 is 2.06 bits per heavy atom. The van der Waals surface area contributed by atoms with Gasteiger partial charge >= 0.3 is 11.9 Å². The van der Waals surface area contributed by atoms with Crippen molar-refractivity contribution in [2.75, 3.05) is 132 Å². The molecule has 3 aliphatic rings. The molecule has 8 N–H and O–H groups in total. The zero-order valence-corrected chi connectivity index (χ0v) is 50.5. The number of carboxylic acid groups (broad SMARTS) is 2. The summed E-state index contributed by atoms with van der Waals surface area (Å²) in [4.78, 5) is 105. The lowest BCUT2D eigenvalue weighted by Gasteiger charge is -2.34. The molecular formula is C60H87F2N15O11. The second kappa shape index (κ2) is 36.5. The maximum Gasteiger partial charge on any atom is 0.317 e. The maximum absolute atomic E-state index is 13.9. The van der Waals surface area contributed by atoms with Crippen LogP contribution in [-0.4, -0.2) is 253 Å². The molecule has 1 aromatic heterocycles. The van der Waals surface area contributed by atoms with Crippen molar-refractivity contribution < 1.29 is 62.4 Å². The number of amides is 4. The van der Waals surface area contributed by atoms with E-state index in [4.69, 9.17) is 4.74 Å². The number of hydrogen-bond donors (Lipinski definition) is 8. The van der Waals surface area contributed by atoms with Crippen LogP contribution in [0, 0.1) is 11.8 Å². The number of fused-ring (bicyclic) bond motifs is 1. The fourth-order valence-electron chi connectivity index (χ4n) is 10.6. The van der Waals surface area contributed by atoms with Crippen LogP contribution in [0.4, 0.5) is 8.78 Å². The minimum Gasteiger partial charge on any atom is -0.508 e. The number of pyridine rings is 1. The van der Waals surface area contributed by atoms with E-state index in [0.717, 1.165) is 38.0 Å². The summed E-state index contributed by atoms with van der Waals surface area (Å²) in [6.45, 7) is 8.63. The highest BCUT2D eigenvalue weighted by atomic mass is 19.3. The third-order valence-corrected chi connectivity index (χ3v) is 15.6. The molecule has 1 aliphatic carbocycles. The zero-order valence-electron chi connectivity index (χ0n) is 50.5. The Hall–Kier alpha value is -7.79. The number of rotatable bonds is 32. The van der Waals surface area contributed by atoms with Gasteiger partial charge in [0.15, 0.2) is 5.78 Å². The van der Waals surface area contributed by atoms with Crippen molar-refractivity contribution in [2.45, 2.75) is 83.1 Å². The molecule has 2 unspecified atom stereocenters. The monoisotopic (exact) mass is 1230 g/mol. The number of ketones is 1. The molecule has 88 heavy (non-hydrogen) atoms. The highest BCUT2D eigenvalue weighted by molar-refractivity contribution is 6.07. The molecule has 4 amide bonds. The van der Waals surface area contributed by atoms with Gasteiger partial charge in [-0.2, -0.15) is 15.3 Å². The summed E-state index contributed by atoms with van der Waals surface area (Å²) >= 11 is 0. The number of phenolic OH excluding ortho intramolecular Hbond substituents is 1. The maximum atomic E-state index is 13.9. The Balaban J connectivity index is 0.876. The van der Waals surface area contributed by atoms with Gasteiger partial charge in [0, 0.05) is 141 Å². The topological polar surface area (TPSA) is 319 Å². The number of hydrogen-bond acceptors (Lipinski definition) is 20. The molecule has 3 fully saturated rings. The molecule has 26 nitrogen and oxygen atoms in total. The first kappa shape index (κ1) is 69.3. The Bertz CT molecular complexity index is 2840. The predicted molar refractivity (Wildman–Crippen MR) is 327 cm³/mol. The third kappa shape index (κ3) is 25.5. The first-order chi connectivity index (χ1) is 42.3. The molecule has 3 aromatic rings. The van der Waals surface area contributed by atoms with Gasteiger partial charge in [-0.05, 0) is 99.3 Å².